The van der Waals surface area contributed by atoms with Crippen LogP contribution in [0.15, 0.2) is 29.2 Å². The highest BCUT2D eigenvalue weighted by Gasteiger charge is 2.16. The van der Waals surface area contributed by atoms with Crippen molar-refractivity contribution in [1.29, 1.82) is 5.26 Å². The summed E-state index contributed by atoms with van der Waals surface area (Å²) in [4.78, 5) is 4.31. The maximum absolute atomic E-state index is 11.7. The van der Waals surface area contributed by atoms with E-state index in [2.05, 4.69) is 10.3 Å². The van der Waals surface area contributed by atoms with Gasteiger partial charge in [-0.15, -0.1) is 0 Å². The fourth-order valence-corrected chi connectivity index (χ4v) is 2.98. The predicted octanol–water partition coefficient (Wildman–Crippen LogP) is 2.09. The van der Waals surface area contributed by atoms with Crippen LogP contribution in [0.5, 0.6) is 11.6 Å². The number of rotatable bonds is 6. The van der Waals surface area contributed by atoms with E-state index in [1.807, 2.05) is 6.07 Å². The number of sulfone groups is 1. The number of nitrogens with zero attached hydrogens (tertiary/aromatic N) is 2. The van der Waals surface area contributed by atoms with Crippen molar-refractivity contribution in [1.82, 2.24) is 4.98 Å². The van der Waals surface area contributed by atoms with Crippen LogP contribution in [-0.2, 0) is 9.84 Å². The van der Waals surface area contributed by atoms with E-state index in [0.29, 0.717) is 18.1 Å². The number of benzene rings is 1. The molecule has 2 aromatic rings. The third-order valence-electron chi connectivity index (χ3n) is 3.25. The van der Waals surface area contributed by atoms with E-state index in [1.165, 1.54) is 25.3 Å². The molecular weight excluding hydrogens is 344 g/mol. The molecule has 9 heteroatoms. The summed E-state index contributed by atoms with van der Waals surface area (Å²) in [6.45, 7) is 2.11. The number of nitriles is 1. The molecule has 0 saturated heterocycles. The number of nitrogens with one attached hydrogen (secondary N) is 1. The van der Waals surface area contributed by atoms with Crippen molar-refractivity contribution in [3.63, 3.8) is 0 Å². The van der Waals surface area contributed by atoms with Crippen molar-refractivity contribution in [2.24, 2.45) is 0 Å². The number of aromatic nitrogens is 1. The highest BCUT2D eigenvalue weighted by atomic mass is 32.2. The Balaban J connectivity index is 2.42. The van der Waals surface area contributed by atoms with Crippen LogP contribution in [0.2, 0.25) is 0 Å². The first-order valence-electron chi connectivity index (χ1n) is 7.28. The lowest BCUT2D eigenvalue weighted by Gasteiger charge is -2.13. The van der Waals surface area contributed by atoms with Gasteiger partial charge in [-0.3, -0.25) is 0 Å². The molecule has 0 bridgehead atoms. The third kappa shape index (κ3) is 4.10. The fraction of sp³-hybridized carbons (Fsp3) is 0.250. The van der Waals surface area contributed by atoms with E-state index in [0.717, 1.165) is 6.26 Å². The summed E-state index contributed by atoms with van der Waals surface area (Å²) in [5.41, 5.74) is 6.80. The van der Waals surface area contributed by atoms with Gasteiger partial charge in [0.25, 0.3) is 0 Å². The van der Waals surface area contributed by atoms with Gasteiger partial charge in [-0.2, -0.15) is 10.2 Å². The van der Waals surface area contributed by atoms with Crippen molar-refractivity contribution in [2.45, 2.75) is 11.8 Å². The maximum Gasteiger partial charge on any atom is 0.235 e. The number of methoxy groups -OCH3 is 1. The van der Waals surface area contributed by atoms with Crippen LogP contribution in [-0.4, -0.2) is 33.4 Å². The van der Waals surface area contributed by atoms with E-state index in [9.17, 15) is 8.42 Å². The van der Waals surface area contributed by atoms with Gasteiger partial charge in [-0.25, -0.2) is 8.42 Å². The quantitative estimate of drug-likeness (QED) is 0.799. The summed E-state index contributed by atoms with van der Waals surface area (Å²) < 4.78 is 34.0. The zero-order chi connectivity index (χ0) is 18.6. The SMILES string of the molecule is CCOc1nc(Nc2ccc(S(C)(=O)=O)c(OC)c2)cc(N)c1C#N. The Labute approximate surface area is 146 Å². The number of pyridine rings is 1. The Hall–Kier alpha value is -2.99. The Morgan fingerprint density at radius 3 is 2.64 bits per heavy atom. The van der Waals surface area contributed by atoms with Crippen LogP contribution in [0.25, 0.3) is 0 Å². The minimum Gasteiger partial charge on any atom is -0.495 e. The fourth-order valence-electron chi connectivity index (χ4n) is 2.16. The van der Waals surface area contributed by atoms with Crippen LogP contribution >= 0.6 is 0 Å². The number of hydrogen-bond acceptors (Lipinski definition) is 8. The molecule has 8 nitrogen and oxygen atoms in total. The van der Waals surface area contributed by atoms with Gasteiger partial charge in [0.15, 0.2) is 9.84 Å². The second-order valence-electron chi connectivity index (χ2n) is 5.08. The zero-order valence-corrected chi connectivity index (χ0v) is 14.8. The summed E-state index contributed by atoms with van der Waals surface area (Å²) in [6, 6.07) is 8.00. The third-order valence-corrected chi connectivity index (χ3v) is 4.38. The number of anilines is 3. The van der Waals surface area contributed by atoms with Crippen molar-refractivity contribution in [2.75, 3.05) is 31.0 Å². The average Bonchev–Trinajstić information content (AvgIpc) is 2.54. The molecule has 1 aromatic heterocycles. The van der Waals surface area contributed by atoms with Crippen LogP contribution < -0.4 is 20.5 Å². The summed E-state index contributed by atoms with van der Waals surface area (Å²) in [5, 5.41) is 12.1. The Morgan fingerprint density at radius 1 is 1.36 bits per heavy atom. The number of nitrogens with two attached hydrogens (primary N) is 1. The number of nitrogen functional groups attached to an aromatic ring is 1. The Bertz CT molecular complexity index is 936. The summed E-state index contributed by atoms with van der Waals surface area (Å²) >= 11 is 0. The summed E-state index contributed by atoms with van der Waals surface area (Å²) in [7, 11) is -2.02. The lowest BCUT2D eigenvalue weighted by Crippen LogP contribution is -2.05. The molecule has 0 aliphatic rings. The molecule has 0 spiro atoms. The molecule has 1 heterocycles. The second kappa shape index (κ2) is 7.27. The van der Waals surface area contributed by atoms with Crippen LogP contribution in [0.1, 0.15) is 12.5 Å². The van der Waals surface area contributed by atoms with Gasteiger partial charge >= 0.3 is 0 Å². The van der Waals surface area contributed by atoms with E-state index in [-0.39, 0.29) is 27.8 Å². The van der Waals surface area contributed by atoms with Crippen molar-refractivity contribution in [3.05, 3.63) is 29.8 Å². The van der Waals surface area contributed by atoms with Crippen molar-refractivity contribution in [3.8, 4) is 17.7 Å². The number of hydrogen-bond donors (Lipinski definition) is 2. The first-order chi connectivity index (χ1) is 11.8. The molecule has 1 aromatic carbocycles. The van der Waals surface area contributed by atoms with Gasteiger partial charge in [0.2, 0.25) is 5.88 Å². The van der Waals surface area contributed by atoms with Crippen LogP contribution in [0.3, 0.4) is 0 Å². The highest BCUT2D eigenvalue weighted by molar-refractivity contribution is 7.90. The van der Waals surface area contributed by atoms with E-state index >= 15 is 0 Å². The Kier molecular flexibility index (Phi) is 5.34. The standard InChI is InChI=1S/C16H18N4O4S/c1-4-24-16-11(9-17)12(18)8-15(20-16)19-10-5-6-14(25(3,21)22)13(7-10)23-2/h5-8H,4H2,1-3H3,(H3,18,19,20). The zero-order valence-electron chi connectivity index (χ0n) is 14.0. The highest BCUT2D eigenvalue weighted by Crippen LogP contribution is 2.30. The molecule has 0 aliphatic carbocycles. The predicted molar refractivity (Wildman–Crippen MR) is 93.9 cm³/mol. The molecule has 0 saturated carbocycles. The van der Waals surface area contributed by atoms with Gasteiger partial charge in [0, 0.05) is 24.1 Å². The lowest BCUT2D eigenvalue weighted by atomic mass is 10.2. The van der Waals surface area contributed by atoms with Gasteiger partial charge in [-0.1, -0.05) is 0 Å². The first kappa shape index (κ1) is 18.4. The van der Waals surface area contributed by atoms with E-state index in [4.69, 9.17) is 20.5 Å². The molecule has 25 heavy (non-hydrogen) atoms. The molecule has 0 radical (unpaired) electrons. The molecule has 0 aliphatic heterocycles. The van der Waals surface area contributed by atoms with E-state index < -0.39 is 9.84 Å². The minimum atomic E-state index is -3.41. The molecule has 0 atom stereocenters. The van der Waals surface area contributed by atoms with Gasteiger partial charge in [0.05, 0.1) is 19.4 Å². The maximum atomic E-state index is 11.7. The second-order valence-corrected chi connectivity index (χ2v) is 7.07. The summed E-state index contributed by atoms with van der Waals surface area (Å²) in [6.07, 6.45) is 1.11. The van der Waals surface area contributed by atoms with E-state index in [1.54, 1.807) is 13.0 Å². The molecule has 3 N–H and O–H groups in total. The first-order valence-corrected chi connectivity index (χ1v) is 9.17. The summed E-state index contributed by atoms with van der Waals surface area (Å²) in [5.74, 6) is 0.695. The normalized spacial score (nSPS) is 10.8. The Morgan fingerprint density at radius 2 is 2.08 bits per heavy atom. The lowest BCUT2D eigenvalue weighted by molar-refractivity contribution is 0.326. The molecular formula is C16H18N4O4S. The topological polar surface area (TPSA) is 127 Å². The largest absolute Gasteiger partial charge is 0.495 e. The molecule has 132 valence electrons. The van der Waals surface area contributed by atoms with Gasteiger partial charge in [0.1, 0.15) is 28.1 Å². The monoisotopic (exact) mass is 362 g/mol. The molecule has 0 unspecified atom stereocenters. The minimum absolute atomic E-state index is 0.0860. The van der Waals surface area contributed by atoms with Gasteiger partial charge in [-0.05, 0) is 19.1 Å². The van der Waals surface area contributed by atoms with Crippen LogP contribution in [0.4, 0.5) is 17.2 Å². The van der Waals surface area contributed by atoms with Gasteiger partial charge < -0.3 is 20.5 Å². The smallest absolute Gasteiger partial charge is 0.235 e. The molecule has 2 rings (SSSR count). The molecule has 0 fully saturated rings. The van der Waals surface area contributed by atoms with Crippen LogP contribution in [0, 0.1) is 11.3 Å². The molecule has 0 amide bonds. The average molecular weight is 362 g/mol. The number of ether oxygens (including phenoxy) is 2. The van der Waals surface area contributed by atoms with Crippen molar-refractivity contribution < 1.29 is 17.9 Å². The van der Waals surface area contributed by atoms with Crippen molar-refractivity contribution >= 4 is 27.0 Å².